The zero-order chi connectivity index (χ0) is 47.9. The number of likely N-dealkylation sites (tertiary alicyclic amines) is 4. The lowest BCUT2D eigenvalue weighted by Crippen LogP contribution is -2.53. The molecule has 70 heavy (non-hydrogen) atoms. The fourth-order valence-corrected chi connectivity index (χ4v) is 12.7. The van der Waals surface area contributed by atoms with Crippen molar-refractivity contribution in [3.05, 3.63) is 95.1 Å². The predicted molar refractivity (Wildman–Crippen MR) is 264 cm³/mol. The Morgan fingerprint density at radius 3 is 2.14 bits per heavy atom. The second-order valence-corrected chi connectivity index (χ2v) is 20.8. The molecule has 5 saturated heterocycles. The van der Waals surface area contributed by atoms with Crippen molar-refractivity contribution in [2.75, 3.05) is 70.8 Å². The SMILES string of the molecule is NC(=O)c1c(-c2ccc(Oc3ccccc3)cc2)nn2c1NCC[C@H]2C1CCN(C2CCN(C(=O)N3CCC(CN4CCC(c5ccc6c(c5)CN(C5CCC(=O)NC5=O)C6=O)CC4)CC3)CC2)CC1. The van der Waals surface area contributed by atoms with E-state index in [9.17, 15) is 24.0 Å². The van der Waals surface area contributed by atoms with Gasteiger partial charge in [-0.3, -0.25) is 24.5 Å². The van der Waals surface area contributed by atoms with Crippen LogP contribution in [0.4, 0.5) is 10.6 Å². The molecule has 11 rings (SSSR count). The maximum atomic E-state index is 13.8. The van der Waals surface area contributed by atoms with Crippen molar-refractivity contribution in [3.63, 3.8) is 0 Å². The second-order valence-electron chi connectivity index (χ2n) is 20.8. The molecule has 0 radical (unpaired) electrons. The smallest absolute Gasteiger partial charge is 0.319 e. The van der Waals surface area contributed by atoms with Crippen LogP contribution in [-0.2, 0) is 16.1 Å². The number of urea groups is 1. The minimum atomic E-state index is -0.593. The van der Waals surface area contributed by atoms with Gasteiger partial charge in [-0.1, -0.05) is 30.3 Å². The summed E-state index contributed by atoms with van der Waals surface area (Å²) in [6, 6.07) is 23.8. The third-order valence-corrected chi connectivity index (χ3v) is 16.7. The Kier molecular flexibility index (Phi) is 13.1. The largest absolute Gasteiger partial charge is 0.457 e. The zero-order valence-electron chi connectivity index (χ0n) is 40.1. The van der Waals surface area contributed by atoms with Crippen LogP contribution in [0.25, 0.3) is 11.3 Å². The van der Waals surface area contributed by atoms with E-state index < -0.39 is 11.9 Å². The molecule has 3 aromatic carbocycles. The van der Waals surface area contributed by atoms with Gasteiger partial charge in [0.15, 0.2) is 0 Å². The molecule has 7 aliphatic rings. The van der Waals surface area contributed by atoms with E-state index in [1.54, 1.807) is 4.90 Å². The summed E-state index contributed by atoms with van der Waals surface area (Å²) in [4.78, 5) is 75.2. The normalized spacial score (nSPS) is 23.5. The number of carbonyl (C=O) groups is 5. The van der Waals surface area contributed by atoms with Crippen LogP contribution in [0.1, 0.15) is 114 Å². The van der Waals surface area contributed by atoms with Gasteiger partial charge in [-0.2, -0.15) is 5.10 Å². The molecule has 0 spiro atoms. The number of hydrogen-bond donors (Lipinski definition) is 3. The topological polar surface area (TPSA) is 179 Å². The number of anilines is 1. The van der Waals surface area contributed by atoms with Crippen LogP contribution in [0.3, 0.4) is 0 Å². The highest BCUT2D eigenvalue weighted by Crippen LogP contribution is 2.41. The number of aromatic nitrogens is 2. The minimum absolute atomic E-state index is 0.122. The Hall–Kier alpha value is -6.26. The van der Waals surface area contributed by atoms with E-state index in [4.69, 9.17) is 15.6 Å². The van der Waals surface area contributed by atoms with Crippen LogP contribution in [0.2, 0.25) is 0 Å². The number of para-hydroxylation sites is 1. The Morgan fingerprint density at radius 2 is 1.44 bits per heavy atom. The monoisotopic (exact) mass is 951 g/mol. The number of amides is 6. The molecule has 0 saturated carbocycles. The van der Waals surface area contributed by atoms with Crippen LogP contribution in [0, 0.1) is 11.8 Å². The first-order chi connectivity index (χ1) is 34.1. The van der Waals surface area contributed by atoms with Crippen LogP contribution in [-0.4, -0.2) is 141 Å². The number of nitrogens with one attached hydrogen (secondary N) is 2. The molecule has 0 aliphatic carbocycles. The van der Waals surface area contributed by atoms with E-state index in [2.05, 4.69) is 47.0 Å². The summed E-state index contributed by atoms with van der Waals surface area (Å²) in [6.45, 7) is 9.65. The number of nitrogens with zero attached hydrogens (tertiary/aromatic N) is 7. The van der Waals surface area contributed by atoms with Crippen molar-refractivity contribution in [1.82, 2.24) is 39.6 Å². The van der Waals surface area contributed by atoms with E-state index >= 15 is 0 Å². The Balaban J connectivity index is 0.610. The van der Waals surface area contributed by atoms with Crippen LogP contribution in [0.5, 0.6) is 11.5 Å². The summed E-state index contributed by atoms with van der Waals surface area (Å²) in [5.74, 6) is 2.40. The first kappa shape index (κ1) is 46.1. The average Bonchev–Trinajstić information content (AvgIpc) is 3.95. The van der Waals surface area contributed by atoms with Crippen molar-refractivity contribution >= 4 is 35.5 Å². The lowest BCUT2D eigenvalue weighted by atomic mass is 9.85. The molecule has 2 atom stereocenters. The number of piperidine rings is 5. The minimum Gasteiger partial charge on any atom is -0.457 e. The molecule has 16 nitrogen and oxygen atoms in total. The van der Waals surface area contributed by atoms with Crippen LogP contribution >= 0.6 is 0 Å². The average molecular weight is 951 g/mol. The molecule has 368 valence electrons. The summed E-state index contributed by atoms with van der Waals surface area (Å²) in [6.07, 6.45) is 9.94. The molecule has 5 fully saturated rings. The Morgan fingerprint density at radius 1 is 0.743 bits per heavy atom. The lowest BCUT2D eigenvalue weighted by Gasteiger charge is -2.45. The molecule has 4 N–H and O–H groups in total. The number of rotatable bonds is 10. The van der Waals surface area contributed by atoms with Gasteiger partial charge in [0.05, 0.1) is 6.04 Å². The van der Waals surface area contributed by atoms with Crippen LogP contribution in [0.15, 0.2) is 72.8 Å². The van der Waals surface area contributed by atoms with Gasteiger partial charge in [0.2, 0.25) is 11.8 Å². The van der Waals surface area contributed by atoms with Crippen molar-refractivity contribution in [3.8, 4) is 22.8 Å². The summed E-state index contributed by atoms with van der Waals surface area (Å²) < 4.78 is 8.06. The quantitative estimate of drug-likeness (QED) is 0.150. The number of imide groups is 1. The second kappa shape index (κ2) is 19.9. The van der Waals surface area contributed by atoms with Crippen molar-refractivity contribution in [1.29, 1.82) is 0 Å². The maximum Gasteiger partial charge on any atom is 0.319 e. The van der Waals surface area contributed by atoms with E-state index in [-0.39, 0.29) is 36.2 Å². The van der Waals surface area contributed by atoms with Crippen molar-refractivity contribution < 1.29 is 28.7 Å². The highest BCUT2D eigenvalue weighted by atomic mass is 16.5. The number of fused-ring (bicyclic) bond motifs is 2. The first-order valence-corrected chi connectivity index (χ1v) is 25.9. The molecule has 0 bridgehead atoms. The molecule has 1 aromatic heterocycles. The Bertz CT molecular complexity index is 2590. The van der Waals surface area contributed by atoms with Gasteiger partial charge in [0.25, 0.3) is 11.8 Å². The van der Waals surface area contributed by atoms with E-state index in [1.807, 2.05) is 60.7 Å². The highest BCUT2D eigenvalue weighted by molar-refractivity contribution is 6.05. The molecule has 4 aromatic rings. The van der Waals surface area contributed by atoms with E-state index in [1.165, 1.54) is 5.56 Å². The predicted octanol–water partition coefficient (Wildman–Crippen LogP) is 6.45. The molecule has 8 heterocycles. The van der Waals surface area contributed by atoms with Gasteiger partial charge in [0.1, 0.15) is 34.6 Å². The fourth-order valence-electron chi connectivity index (χ4n) is 12.7. The van der Waals surface area contributed by atoms with Crippen LogP contribution < -0.4 is 21.1 Å². The standard InChI is InChI=1S/C54H66N10O6/c55-50(66)48-49(38-6-9-43(10-7-38)70-42-4-2-1-3-5-42)58-64-45(14-23-56-51(48)64)37-19-28-60(29-20-37)41-21-30-62(31-22-41)54(69)61-26-15-35(16-27-61)33-59-24-17-36(18-25-59)39-8-11-44-40(32-39)34-63(53(44)68)46-12-13-47(65)57-52(46)67/h1-11,32,35-37,41,45-46,56H,12-31,33-34H2,(H2,55,66)(H,57,65,67)/t45-,46?/m0/s1. The Labute approximate surface area is 409 Å². The van der Waals surface area contributed by atoms with Crippen molar-refractivity contribution in [2.24, 2.45) is 17.6 Å². The summed E-state index contributed by atoms with van der Waals surface area (Å²) in [5.41, 5.74) is 10.8. The number of hydrogen-bond acceptors (Lipinski definition) is 10. The van der Waals surface area contributed by atoms with Gasteiger partial charge < -0.3 is 40.3 Å². The van der Waals surface area contributed by atoms with Gasteiger partial charge in [-0.25, -0.2) is 9.48 Å². The zero-order valence-corrected chi connectivity index (χ0v) is 40.1. The number of nitrogens with two attached hydrogens (primary N) is 1. The lowest BCUT2D eigenvalue weighted by molar-refractivity contribution is -0.136. The fraction of sp³-hybridized carbons (Fsp3) is 0.519. The molecule has 1 unspecified atom stereocenters. The number of benzene rings is 3. The molecular weight excluding hydrogens is 885 g/mol. The molecule has 16 heteroatoms. The number of ether oxygens (including phenoxy) is 1. The number of primary amides is 1. The third-order valence-electron chi connectivity index (χ3n) is 16.7. The van der Waals surface area contributed by atoms with Gasteiger partial charge in [0, 0.05) is 69.4 Å². The first-order valence-electron chi connectivity index (χ1n) is 25.9. The van der Waals surface area contributed by atoms with Crippen molar-refractivity contribution in [2.45, 2.75) is 101 Å². The summed E-state index contributed by atoms with van der Waals surface area (Å²) >= 11 is 0. The molecular formula is C54H66N10O6. The molecule has 6 amide bonds. The summed E-state index contributed by atoms with van der Waals surface area (Å²) in [5, 5.41) is 10.9. The third kappa shape index (κ3) is 9.39. The summed E-state index contributed by atoms with van der Waals surface area (Å²) in [7, 11) is 0. The maximum absolute atomic E-state index is 13.8. The van der Waals surface area contributed by atoms with E-state index in [0.29, 0.717) is 59.3 Å². The van der Waals surface area contributed by atoms with Gasteiger partial charge in [-0.15, -0.1) is 0 Å². The van der Waals surface area contributed by atoms with E-state index in [0.717, 1.165) is 146 Å². The van der Waals surface area contributed by atoms with Gasteiger partial charge >= 0.3 is 6.03 Å². The molecule has 7 aliphatic heterocycles. The number of carbonyl (C=O) groups excluding carboxylic acids is 5. The highest BCUT2D eigenvalue weighted by Gasteiger charge is 2.41. The van der Waals surface area contributed by atoms with Gasteiger partial charge in [-0.05, 0) is 162 Å².